The van der Waals surface area contributed by atoms with Gasteiger partial charge in [-0.2, -0.15) is 13.2 Å². The summed E-state index contributed by atoms with van der Waals surface area (Å²) in [4.78, 5) is 20.9. The van der Waals surface area contributed by atoms with Gasteiger partial charge in [0.15, 0.2) is 0 Å². The molecule has 0 bridgehead atoms. The number of aromatic nitrogens is 1. The molecule has 0 N–H and O–H groups in total. The lowest BCUT2D eigenvalue weighted by molar-refractivity contribution is -0.189. The third-order valence-corrected chi connectivity index (χ3v) is 8.97. The van der Waals surface area contributed by atoms with Crippen LogP contribution in [0.25, 0.3) is 10.9 Å². The monoisotopic (exact) mass is 607 g/mol. The topological polar surface area (TPSA) is 36.4 Å². The molecule has 1 aliphatic rings. The number of amides is 1. The highest BCUT2D eigenvalue weighted by atomic mass is 19.4. The summed E-state index contributed by atoms with van der Waals surface area (Å²) in [6.45, 7) is 1.18. The predicted molar refractivity (Wildman–Crippen MR) is 172 cm³/mol. The van der Waals surface area contributed by atoms with Crippen LogP contribution in [0.4, 0.5) is 13.2 Å². The predicted octanol–water partition coefficient (Wildman–Crippen LogP) is 8.03. The summed E-state index contributed by atoms with van der Waals surface area (Å²) in [6.07, 6.45) is -1.80. The third-order valence-electron chi connectivity index (χ3n) is 8.97. The largest absolute Gasteiger partial charge is 0.471 e. The molecule has 7 heteroatoms. The zero-order valence-electron chi connectivity index (χ0n) is 25.0. The van der Waals surface area contributed by atoms with Gasteiger partial charge in [-0.1, -0.05) is 109 Å². The summed E-state index contributed by atoms with van der Waals surface area (Å²) in [7, 11) is 0. The molecule has 0 radical (unpaired) electrons. The smallest absolute Gasteiger partial charge is 0.327 e. The number of benzene rings is 4. The standard InChI is InChI=1S/C38H36F3N3O/c39-38(40,41)37(45)44(26-31-20-22-42-36-19-11-10-18-34(31)36)32-21-23-43(33(25-32)24-28-12-4-1-5-13-28)27-35(29-14-6-2-7-15-29)30-16-8-3-9-17-30/h1-20,22,32-33,35H,21,23-27H2/t32-,33-/m0/s1. The maximum absolute atomic E-state index is 14.1. The van der Waals surface area contributed by atoms with Crippen molar-refractivity contribution in [2.24, 2.45) is 0 Å². The molecule has 1 amide bonds. The summed E-state index contributed by atoms with van der Waals surface area (Å²) in [6, 6.07) is 39.3. The van der Waals surface area contributed by atoms with Gasteiger partial charge in [0.2, 0.25) is 0 Å². The van der Waals surface area contributed by atoms with E-state index in [4.69, 9.17) is 0 Å². The maximum Gasteiger partial charge on any atom is 0.471 e. The number of halogens is 3. The highest BCUT2D eigenvalue weighted by Crippen LogP contribution is 2.34. The summed E-state index contributed by atoms with van der Waals surface area (Å²) in [5.74, 6) is -1.69. The van der Waals surface area contributed by atoms with E-state index >= 15 is 0 Å². The van der Waals surface area contributed by atoms with E-state index in [9.17, 15) is 18.0 Å². The molecule has 4 nitrogen and oxygen atoms in total. The van der Waals surface area contributed by atoms with Crippen molar-refractivity contribution in [2.75, 3.05) is 13.1 Å². The van der Waals surface area contributed by atoms with Gasteiger partial charge in [0, 0.05) is 49.2 Å². The normalized spacial score (nSPS) is 17.4. The molecular formula is C38H36F3N3O. The molecule has 4 aromatic carbocycles. The summed E-state index contributed by atoms with van der Waals surface area (Å²) < 4.78 is 42.4. The molecule has 230 valence electrons. The van der Waals surface area contributed by atoms with Crippen LogP contribution in [0.1, 0.15) is 41.0 Å². The minimum atomic E-state index is -4.97. The Kier molecular flexibility index (Phi) is 9.26. The number of para-hydroxylation sites is 1. The molecule has 45 heavy (non-hydrogen) atoms. The minimum absolute atomic E-state index is 0.0567. The zero-order chi connectivity index (χ0) is 31.2. The van der Waals surface area contributed by atoms with Crippen LogP contribution in [0.5, 0.6) is 0 Å². The fraction of sp³-hybridized carbons (Fsp3) is 0.263. The number of pyridine rings is 1. The Balaban J connectivity index is 1.32. The van der Waals surface area contributed by atoms with E-state index < -0.39 is 18.1 Å². The van der Waals surface area contributed by atoms with Gasteiger partial charge in [-0.3, -0.25) is 14.7 Å². The second-order valence-corrected chi connectivity index (χ2v) is 11.8. The average Bonchev–Trinajstić information content (AvgIpc) is 3.07. The zero-order valence-corrected chi connectivity index (χ0v) is 25.0. The van der Waals surface area contributed by atoms with Gasteiger partial charge < -0.3 is 4.90 Å². The number of carbonyl (C=O) groups excluding carboxylic acids is 1. The second-order valence-electron chi connectivity index (χ2n) is 11.8. The van der Waals surface area contributed by atoms with Crippen LogP contribution in [-0.2, 0) is 17.8 Å². The SMILES string of the molecule is O=C(N(Cc1ccnc2ccccc12)[C@H]1CCN(CC(c2ccccc2)c2ccccc2)[C@@H](Cc2ccccc2)C1)C(F)(F)F. The summed E-state index contributed by atoms with van der Waals surface area (Å²) in [5, 5.41) is 0.756. The highest BCUT2D eigenvalue weighted by Gasteiger charge is 2.46. The Morgan fingerprint density at radius 3 is 2.07 bits per heavy atom. The molecule has 0 spiro atoms. The fourth-order valence-corrected chi connectivity index (χ4v) is 6.71. The second kappa shape index (κ2) is 13.7. The number of nitrogens with zero attached hydrogens (tertiary/aromatic N) is 3. The number of carbonyl (C=O) groups is 1. The number of likely N-dealkylation sites (tertiary alicyclic amines) is 1. The van der Waals surface area contributed by atoms with E-state index in [1.807, 2.05) is 78.9 Å². The van der Waals surface area contributed by atoms with E-state index in [2.05, 4.69) is 46.3 Å². The molecule has 1 aliphatic heterocycles. The van der Waals surface area contributed by atoms with Gasteiger partial charge in [0.05, 0.1) is 5.52 Å². The fourth-order valence-electron chi connectivity index (χ4n) is 6.71. The third kappa shape index (κ3) is 7.26. The number of piperidine rings is 1. The first kappa shape index (κ1) is 30.5. The molecule has 6 rings (SSSR count). The Labute approximate surface area is 262 Å². The van der Waals surface area contributed by atoms with Crippen molar-refractivity contribution in [3.63, 3.8) is 0 Å². The van der Waals surface area contributed by atoms with Gasteiger partial charge in [0.25, 0.3) is 0 Å². The van der Waals surface area contributed by atoms with Crippen molar-refractivity contribution in [2.45, 2.75) is 50.0 Å². The maximum atomic E-state index is 14.1. The molecule has 0 aliphatic carbocycles. The number of hydrogen-bond acceptors (Lipinski definition) is 3. The van der Waals surface area contributed by atoms with Crippen molar-refractivity contribution < 1.29 is 18.0 Å². The first-order chi connectivity index (χ1) is 21.9. The lowest BCUT2D eigenvalue weighted by Gasteiger charge is -2.45. The number of rotatable bonds is 9. The molecule has 0 unspecified atom stereocenters. The van der Waals surface area contributed by atoms with Crippen molar-refractivity contribution in [3.8, 4) is 0 Å². The molecule has 1 aromatic heterocycles. The summed E-state index contributed by atoms with van der Waals surface area (Å²) in [5.41, 5.74) is 4.87. The number of hydrogen-bond donors (Lipinski definition) is 0. The first-order valence-corrected chi connectivity index (χ1v) is 15.4. The van der Waals surface area contributed by atoms with E-state index in [-0.39, 0.29) is 18.5 Å². The number of alkyl halides is 3. The van der Waals surface area contributed by atoms with Crippen molar-refractivity contribution in [1.29, 1.82) is 0 Å². The molecule has 2 heterocycles. The molecule has 2 atom stereocenters. The molecule has 5 aromatic rings. The van der Waals surface area contributed by atoms with E-state index in [0.717, 1.165) is 22.4 Å². The van der Waals surface area contributed by atoms with E-state index in [0.29, 0.717) is 36.9 Å². The van der Waals surface area contributed by atoms with E-state index in [1.165, 1.54) is 11.1 Å². The Morgan fingerprint density at radius 2 is 1.42 bits per heavy atom. The molecule has 1 saturated heterocycles. The lowest BCUT2D eigenvalue weighted by Crippen LogP contribution is -2.55. The van der Waals surface area contributed by atoms with Crippen LogP contribution in [0, 0.1) is 0 Å². The molecular weight excluding hydrogens is 571 g/mol. The van der Waals surface area contributed by atoms with Gasteiger partial charge in [-0.15, -0.1) is 0 Å². The van der Waals surface area contributed by atoms with E-state index in [1.54, 1.807) is 12.3 Å². The lowest BCUT2D eigenvalue weighted by atomic mass is 9.86. The molecule has 1 fully saturated rings. The van der Waals surface area contributed by atoms with Crippen LogP contribution in [0.2, 0.25) is 0 Å². The van der Waals surface area contributed by atoms with Gasteiger partial charge in [-0.25, -0.2) is 0 Å². The Morgan fingerprint density at radius 1 is 0.822 bits per heavy atom. The highest BCUT2D eigenvalue weighted by molar-refractivity contribution is 5.84. The van der Waals surface area contributed by atoms with Crippen LogP contribution >= 0.6 is 0 Å². The van der Waals surface area contributed by atoms with Gasteiger partial charge in [0.1, 0.15) is 0 Å². The van der Waals surface area contributed by atoms with Gasteiger partial charge >= 0.3 is 12.1 Å². The first-order valence-electron chi connectivity index (χ1n) is 15.4. The molecule has 0 saturated carbocycles. The van der Waals surface area contributed by atoms with Crippen molar-refractivity contribution in [1.82, 2.24) is 14.8 Å². The van der Waals surface area contributed by atoms with Crippen LogP contribution < -0.4 is 0 Å². The quantitative estimate of drug-likeness (QED) is 0.170. The Bertz CT molecular complexity index is 1650. The van der Waals surface area contributed by atoms with Crippen LogP contribution in [0.3, 0.4) is 0 Å². The van der Waals surface area contributed by atoms with Crippen molar-refractivity contribution >= 4 is 16.8 Å². The summed E-state index contributed by atoms with van der Waals surface area (Å²) >= 11 is 0. The number of fused-ring (bicyclic) bond motifs is 1. The van der Waals surface area contributed by atoms with Gasteiger partial charge in [-0.05, 0) is 53.6 Å². The Hall–Kier alpha value is -4.49. The van der Waals surface area contributed by atoms with Crippen LogP contribution in [-0.4, -0.2) is 52.0 Å². The van der Waals surface area contributed by atoms with Crippen molar-refractivity contribution in [3.05, 3.63) is 150 Å². The van der Waals surface area contributed by atoms with Crippen LogP contribution in [0.15, 0.2) is 128 Å². The average molecular weight is 608 g/mol. The minimum Gasteiger partial charge on any atom is -0.327 e.